The maximum atomic E-state index is 13.1. The minimum Gasteiger partial charge on any atom is -0.350 e. The molecule has 2 aromatic rings. The van der Waals surface area contributed by atoms with Crippen LogP contribution < -0.4 is 14.9 Å². The fourth-order valence-electron chi connectivity index (χ4n) is 2.75. The molecule has 0 saturated carbocycles. The van der Waals surface area contributed by atoms with Gasteiger partial charge in [0.15, 0.2) is 0 Å². The average molecular weight is 489 g/mol. The number of anilines is 1. The maximum Gasteiger partial charge on any atom is 0.471 e. The molecule has 0 heterocycles. The van der Waals surface area contributed by atoms with Gasteiger partial charge in [-0.05, 0) is 69.3 Å². The Morgan fingerprint density at radius 2 is 1.48 bits per heavy atom. The third-order valence-electron chi connectivity index (χ3n) is 4.11. The molecule has 2 amide bonds. The van der Waals surface area contributed by atoms with Gasteiger partial charge in [0.2, 0.25) is 10.0 Å². The van der Waals surface area contributed by atoms with Crippen LogP contribution in [0, 0.1) is 5.82 Å². The molecule has 0 aliphatic heterocycles. The molecule has 0 saturated heterocycles. The summed E-state index contributed by atoms with van der Waals surface area (Å²) in [6.07, 6.45) is -5.19. The lowest BCUT2D eigenvalue weighted by Crippen LogP contribution is -2.45. The summed E-state index contributed by atoms with van der Waals surface area (Å²) in [6, 6.07) is 8.82. The number of halogens is 4. The van der Waals surface area contributed by atoms with Crippen LogP contribution in [0.1, 0.15) is 31.1 Å². The van der Waals surface area contributed by atoms with Crippen LogP contribution in [0.2, 0.25) is 0 Å². The Labute approximate surface area is 188 Å². The van der Waals surface area contributed by atoms with Crippen LogP contribution in [0.15, 0.2) is 53.4 Å². The smallest absolute Gasteiger partial charge is 0.350 e. The van der Waals surface area contributed by atoms with E-state index < -0.39 is 45.9 Å². The van der Waals surface area contributed by atoms with Gasteiger partial charge in [-0.2, -0.15) is 13.2 Å². The Kier molecular flexibility index (Phi) is 7.86. The third-order valence-corrected chi connectivity index (χ3v) is 5.89. The fourth-order valence-corrected chi connectivity index (χ4v) is 4.17. The zero-order valence-electron chi connectivity index (χ0n) is 18.0. The van der Waals surface area contributed by atoms with Crippen LogP contribution in [0.4, 0.5) is 23.2 Å². The molecule has 0 atom stereocenters. The lowest BCUT2D eigenvalue weighted by atomic mass is 10.1. The molecule has 0 bridgehead atoms. The van der Waals surface area contributed by atoms with Gasteiger partial charge in [-0.3, -0.25) is 9.59 Å². The minimum absolute atomic E-state index is 0.0889. The summed E-state index contributed by atoms with van der Waals surface area (Å²) in [6.45, 7) is 4.00. The van der Waals surface area contributed by atoms with Crippen LogP contribution in [0.25, 0.3) is 0 Å². The number of carbonyl (C=O) groups is 2. The monoisotopic (exact) mass is 489 g/mol. The highest BCUT2D eigenvalue weighted by atomic mass is 32.2. The van der Waals surface area contributed by atoms with E-state index in [1.54, 1.807) is 20.8 Å². The van der Waals surface area contributed by atoms with Crippen LogP contribution in [-0.4, -0.2) is 45.0 Å². The van der Waals surface area contributed by atoms with Crippen molar-refractivity contribution < 1.29 is 35.6 Å². The van der Waals surface area contributed by atoms with Crippen molar-refractivity contribution in [1.29, 1.82) is 0 Å². The summed E-state index contributed by atoms with van der Waals surface area (Å²) in [5, 5.41) is 2.36. The summed E-state index contributed by atoms with van der Waals surface area (Å²) >= 11 is 0. The van der Waals surface area contributed by atoms with Crippen LogP contribution in [0.3, 0.4) is 0 Å². The maximum absolute atomic E-state index is 13.1. The summed E-state index contributed by atoms with van der Waals surface area (Å²) < 4.78 is 79.5. The van der Waals surface area contributed by atoms with E-state index >= 15 is 0 Å². The SMILES string of the molecule is CC(C)(C)NS(=O)(=O)c1ccc(N(CCNC(=O)c2ccc(F)cc2)C(=O)C(F)(F)F)cc1. The minimum atomic E-state index is -5.19. The largest absolute Gasteiger partial charge is 0.471 e. The molecule has 0 fully saturated rings. The van der Waals surface area contributed by atoms with Gasteiger partial charge in [0.1, 0.15) is 5.82 Å². The first-order valence-electron chi connectivity index (χ1n) is 9.67. The van der Waals surface area contributed by atoms with E-state index in [2.05, 4.69) is 10.0 Å². The van der Waals surface area contributed by atoms with Crippen molar-refractivity contribution in [3.8, 4) is 0 Å². The standard InChI is InChI=1S/C21H23F4N3O4S/c1-20(2,3)27-33(31,32)17-10-8-16(9-11-17)28(19(30)21(23,24)25)13-12-26-18(29)14-4-6-15(22)7-5-14/h4-11,27H,12-13H2,1-3H3,(H,26,29). The molecule has 33 heavy (non-hydrogen) atoms. The molecule has 7 nitrogen and oxygen atoms in total. The fraction of sp³-hybridized carbons (Fsp3) is 0.333. The summed E-state index contributed by atoms with van der Waals surface area (Å²) in [5.74, 6) is -3.40. The zero-order valence-corrected chi connectivity index (χ0v) is 18.8. The molecule has 0 aliphatic carbocycles. The molecule has 0 radical (unpaired) electrons. The predicted octanol–water partition coefficient (Wildman–Crippen LogP) is 3.23. The highest BCUT2D eigenvalue weighted by Gasteiger charge is 2.43. The summed E-state index contributed by atoms with van der Waals surface area (Å²) in [4.78, 5) is 24.2. The number of hydrogen-bond donors (Lipinski definition) is 2. The van der Waals surface area contributed by atoms with Crippen LogP contribution in [-0.2, 0) is 14.8 Å². The number of sulfonamides is 1. The van der Waals surface area contributed by atoms with Gasteiger partial charge in [-0.1, -0.05) is 0 Å². The second-order valence-electron chi connectivity index (χ2n) is 8.07. The first kappa shape index (κ1) is 26.3. The Balaban J connectivity index is 2.19. The number of benzene rings is 2. The van der Waals surface area contributed by atoms with Gasteiger partial charge in [0.05, 0.1) is 4.90 Å². The second-order valence-corrected chi connectivity index (χ2v) is 9.75. The van der Waals surface area contributed by atoms with Crippen molar-refractivity contribution in [2.75, 3.05) is 18.0 Å². The first-order valence-corrected chi connectivity index (χ1v) is 11.1. The number of nitrogens with zero attached hydrogens (tertiary/aromatic N) is 1. The lowest BCUT2D eigenvalue weighted by molar-refractivity contribution is -0.170. The van der Waals surface area contributed by atoms with E-state index in [0.717, 1.165) is 36.4 Å². The number of rotatable bonds is 7. The van der Waals surface area contributed by atoms with Gasteiger partial charge in [-0.15, -0.1) is 0 Å². The molecule has 0 spiro atoms. The molecule has 180 valence electrons. The van der Waals surface area contributed by atoms with Crippen molar-refractivity contribution in [2.24, 2.45) is 0 Å². The highest BCUT2D eigenvalue weighted by Crippen LogP contribution is 2.25. The normalized spacial score (nSPS) is 12.3. The van der Waals surface area contributed by atoms with E-state index in [1.807, 2.05) is 0 Å². The molecule has 2 aromatic carbocycles. The Morgan fingerprint density at radius 3 is 1.97 bits per heavy atom. The highest BCUT2D eigenvalue weighted by molar-refractivity contribution is 7.89. The quantitative estimate of drug-likeness (QED) is 0.584. The Bertz CT molecular complexity index is 1090. The number of carbonyl (C=O) groups excluding carboxylic acids is 2. The van der Waals surface area contributed by atoms with Crippen molar-refractivity contribution >= 4 is 27.5 Å². The van der Waals surface area contributed by atoms with Gasteiger partial charge < -0.3 is 10.2 Å². The van der Waals surface area contributed by atoms with Crippen molar-refractivity contribution in [3.63, 3.8) is 0 Å². The lowest BCUT2D eigenvalue weighted by Gasteiger charge is -2.25. The zero-order chi connectivity index (χ0) is 25.0. The first-order chi connectivity index (χ1) is 15.1. The van der Waals surface area contributed by atoms with Gasteiger partial charge >= 0.3 is 12.1 Å². The van der Waals surface area contributed by atoms with E-state index in [0.29, 0.717) is 4.90 Å². The molecule has 2 rings (SSSR count). The molecular weight excluding hydrogens is 466 g/mol. The van der Waals surface area contributed by atoms with Crippen molar-refractivity contribution in [1.82, 2.24) is 10.0 Å². The molecule has 12 heteroatoms. The number of hydrogen-bond acceptors (Lipinski definition) is 4. The number of amides is 2. The molecular formula is C21H23F4N3O4S. The predicted molar refractivity (Wildman–Crippen MR) is 114 cm³/mol. The van der Waals surface area contributed by atoms with Gasteiger partial charge in [0.25, 0.3) is 5.91 Å². The molecule has 2 N–H and O–H groups in total. The van der Waals surface area contributed by atoms with Crippen LogP contribution in [0.5, 0.6) is 0 Å². The second kappa shape index (κ2) is 9.87. The van der Waals surface area contributed by atoms with Crippen LogP contribution >= 0.6 is 0 Å². The molecule has 0 aliphatic rings. The topological polar surface area (TPSA) is 95.6 Å². The third kappa shape index (κ3) is 7.53. The van der Waals surface area contributed by atoms with E-state index in [4.69, 9.17) is 0 Å². The average Bonchev–Trinajstić information content (AvgIpc) is 2.69. The number of alkyl halides is 3. The van der Waals surface area contributed by atoms with E-state index in [-0.39, 0.29) is 22.7 Å². The molecule has 0 aromatic heterocycles. The molecule has 0 unspecified atom stereocenters. The number of nitrogens with one attached hydrogen (secondary N) is 2. The summed E-state index contributed by atoms with van der Waals surface area (Å²) in [7, 11) is -3.93. The van der Waals surface area contributed by atoms with Crippen molar-refractivity contribution in [2.45, 2.75) is 37.4 Å². The van der Waals surface area contributed by atoms with Gasteiger partial charge in [0, 0.05) is 29.9 Å². The Hall–Kier alpha value is -2.99. The summed E-state index contributed by atoms with van der Waals surface area (Å²) in [5.41, 5.74) is -0.896. The van der Waals surface area contributed by atoms with Gasteiger partial charge in [-0.25, -0.2) is 17.5 Å². The van der Waals surface area contributed by atoms with E-state index in [9.17, 15) is 35.6 Å². The van der Waals surface area contributed by atoms with E-state index in [1.165, 1.54) is 12.1 Å². The Morgan fingerprint density at radius 1 is 0.939 bits per heavy atom. The van der Waals surface area contributed by atoms with Crippen molar-refractivity contribution in [3.05, 3.63) is 59.9 Å².